The molecular weight excluding hydrogens is 331 g/mol. The Balaban J connectivity index is 1.88. The SMILES string of the molecule is Cn1nc(C(F)(F)F)cc1[C@H]1CCCCCN1C(=O)C1CCCCC1. The molecule has 0 spiro atoms. The van der Waals surface area contributed by atoms with Crippen LogP contribution in [0, 0.1) is 5.92 Å². The molecule has 1 atom stereocenters. The van der Waals surface area contributed by atoms with Gasteiger partial charge in [-0.25, -0.2) is 0 Å². The molecule has 3 rings (SSSR count). The van der Waals surface area contributed by atoms with Crippen LogP contribution in [0.2, 0.25) is 0 Å². The molecule has 1 saturated carbocycles. The second-order valence-corrected chi connectivity index (χ2v) is 7.31. The Morgan fingerprint density at radius 1 is 1.08 bits per heavy atom. The molecule has 1 aromatic heterocycles. The second kappa shape index (κ2) is 7.38. The van der Waals surface area contributed by atoms with Crippen LogP contribution in [-0.2, 0) is 18.0 Å². The lowest BCUT2D eigenvalue weighted by Gasteiger charge is -2.34. The van der Waals surface area contributed by atoms with Crippen molar-refractivity contribution >= 4 is 5.91 Å². The molecule has 0 unspecified atom stereocenters. The fourth-order valence-corrected chi connectivity index (χ4v) is 4.20. The van der Waals surface area contributed by atoms with Gasteiger partial charge in [0, 0.05) is 19.5 Å². The first-order chi connectivity index (χ1) is 11.9. The van der Waals surface area contributed by atoms with E-state index in [0.717, 1.165) is 51.0 Å². The fourth-order valence-electron chi connectivity index (χ4n) is 4.20. The van der Waals surface area contributed by atoms with Crippen molar-refractivity contribution < 1.29 is 18.0 Å². The van der Waals surface area contributed by atoms with E-state index >= 15 is 0 Å². The van der Waals surface area contributed by atoms with Crippen molar-refractivity contribution in [2.24, 2.45) is 13.0 Å². The van der Waals surface area contributed by atoms with Gasteiger partial charge in [0.25, 0.3) is 0 Å². The van der Waals surface area contributed by atoms with E-state index in [-0.39, 0.29) is 17.9 Å². The number of amides is 1. The summed E-state index contributed by atoms with van der Waals surface area (Å²) in [5, 5.41) is 3.65. The van der Waals surface area contributed by atoms with Gasteiger partial charge in [0.1, 0.15) is 0 Å². The van der Waals surface area contributed by atoms with Gasteiger partial charge >= 0.3 is 6.18 Å². The number of aromatic nitrogens is 2. The molecule has 4 nitrogen and oxygen atoms in total. The quantitative estimate of drug-likeness (QED) is 0.784. The van der Waals surface area contributed by atoms with E-state index in [0.29, 0.717) is 18.7 Å². The number of carbonyl (C=O) groups excluding carboxylic acids is 1. The lowest BCUT2D eigenvalue weighted by molar-refractivity contribution is -0.141. The molecule has 1 saturated heterocycles. The highest BCUT2D eigenvalue weighted by Crippen LogP contribution is 2.36. The molecule has 1 aliphatic carbocycles. The normalized spacial score (nSPS) is 23.5. The first kappa shape index (κ1) is 18.3. The molecule has 1 amide bonds. The summed E-state index contributed by atoms with van der Waals surface area (Å²) < 4.78 is 40.4. The van der Waals surface area contributed by atoms with E-state index in [1.165, 1.54) is 11.1 Å². The largest absolute Gasteiger partial charge is 0.435 e. The first-order valence-electron chi connectivity index (χ1n) is 9.29. The average molecular weight is 357 g/mol. The smallest absolute Gasteiger partial charge is 0.334 e. The molecule has 0 bridgehead atoms. The van der Waals surface area contributed by atoms with Gasteiger partial charge in [-0.2, -0.15) is 18.3 Å². The number of aryl methyl sites for hydroxylation is 1. The van der Waals surface area contributed by atoms with E-state index in [2.05, 4.69) is 5.10 Å². The van der Waals surface area contributed by atoms with Gasteiger partial charge in [-0.3, -0.25) is 9.48 Å². The molecule has 1 aromatic rings. The fraction of sp³-hybridized carbons (Fsp3) is 0.778. The predicted molar refractivity (Wildman–Crippen MR) is 87.7 cm³/mol. The van der Waals surface area contributed by atoms with Gasteiger partial charge in [-0.15, -0.1) is 0 Å². The number of likely N-dealkylation sites (tertiary alicyclic amines) is 1. The molecule has 7 heteroatoms. The lowest BCUT2D eigenvalue weighted by Crippen LogP contribution is -2.40. The third-order valence-corrected chi connectivity index (χ3v) is 5.54. The Morgan fingerprint density at radius 2 is 1.72 bits per heavy atom. The van der Waals surface area contributed by atoms with E-state index in [4.69, 9.17) is 0 Å². The van der Waals surface area contributed by atoms with Crippen molar-refractivity contribution in [2.45, 2.75) is 70.0 Å². The maximum atomic E-state index is 13.1. The van der Waals surface area contributed by atoms with Crippen molar-refractivity contribution in [1.29, 1.82) is 0 Å². The summed E-state index contributed by atoms with van der Waals surface area (Å²) in [7, 11) is 1.54. The summed E-state index contributed by atoms with van der Waals surface area (Å²) in [5.41, 5.74) is -0.377. The van der Waals surface area contributed by atoms with Crippen LogP contribution < -0.4 is 0 Å². The van der Waals surface area contributed by atoms with Crippen LogP contribution in [0.3, 0.4) is 0 Å². The van der Waals surface area contributed by atoms with Crippen molar-refractivity contribution in [3.63, 3.8) is 0 Å². The lowest BCUT2D eigenvalue weighted by atomic mass is 9.87. The average Bonchev–Trinajstić information content (AvgIpc) is 2.82. The number of carbonyl (C=O) groups is 1. The maximum absolute atomic E-state index is 13.1. The highest BCUT2D eigenvalue weighted by molar-refractivity contribution is 5.79. The minimum Gasteiger partial charge on any atom is -0.334 e. The van der Waals surface area contributed by atoms with Gasteiger partial charge in [0.15, 0.2) is 5.69 Å². The van der Waals surface area contributed by atoms with Gasteiger partial charge in [-0.05, 0) is 31.7 Å². The van der Waals surface area contributed by atoms with Gasteiger partial charge in [0.2, 0.25) is 5.91 Å². The Morgan fingerprint density at radius 3 is 2.36 bits per heavy atom. The van der Waals surface area contributed by atoms with Crippen LogP contribution in [0.15, 0.2) is 6.07 Å². The van der Waals surface area contributed by atoms with Gasteiger partial charge in [0.05, 0.1) is 11.7 Å². The van der Waals surface area contributed by atoms with Crippen LogP contribution in [0.5, 0.6) is 0 Å². The van der Waals surface area contributed by atoms with Crippen molar-refractivity contribution in [3.8, 4) is 0 Å². The van der Waals surface area contributed by atoms with E-state index < -0.39 is 11.9 Å². The second-order valence-electron chi connectivity index (χ2n) is 7.31. The Bertz CT molecular complexity index is 605. The van der Waals surface area contributed by atoms with Crippen LogP contribution in [-0.4, -0.2) is 27.1 Å². The minimum absolute atomic E-state index is 0.0321. The molecule has 0 N–H and O–H groups in total. The summed E-state index contributed by atoms with van der Waals surface area (Å²) in [6.07, 6.45) is 4.21. The standard InChI is InChI=1S/C18H26F3N3O/c1-23-15(12-16(22-23)18(19,20)21)14-10-6-3-7-11-24(14)17(25)13-8-4-2-5-9-13/h12-14H,2-11H2,1H3/t14-/m1/s1. The third kappa shape index (κ3) is 4.01. The highest BCUT2D eigenvalue weighted by Gasteiger charge is 2.38. The van der Waals surface area contributed by atoms with Crippen molar-refractivity contribution in [2.75, 3.05) is 6.54 Å². The molecule has 2 heterocycles. The predicted octanol–water partition coefficient (Wildman–Crippen LogP) is 4.46. The van der Waals surface area contributed by atoms with Gasteiger partial charge < -0.3 is 4.90 Å². The van der Waals surface area contributed by atoms with Crippen molar-refractivity contribution in [3.05, 3.63) is 17.5 Å². The summed E-state index contributed by atoms with van der Waals surface area (Å²) in [5.74, 6) is 0.158. The number of hydrogen-bond donors (Lipinski definition) is 0. The first-order valence-corrected chi connectivity index (χ1v) is 9.29. The Hall–Kier alpha value is -1.53. The third-order valence-electron chi connectivity index (χ3n) is 5.54. The Kier molecular flexibility index (Phi) is 5.39. The van der Waals surface area contributed by atoms with Crippen molar-refractivity contribution in [1.82, 2.24) is 14.7 Å². The molecule has 2 aliphatic rings. The molecule has 25 heavy (non-hydrogen) atoms. The number of alkyl halides is 3. The molecular formula is C18H26F3N3O. The zero-order valence-electron chi connectivity index (χ0n) is 14.7. The zero-order valence-corrected chi connectivity index (χ0v) is 14.7. The Labute approximate surface area is 146 Å². The van der Waals surface area contributed by atoms with Gasteiger partial charge in [-0.1, -0.05) is 32.1 Å². The van der Waals surface area contributed by atoms with Crippen LogP contribution in [0.4, 0.5) is 13.2 Å². The molecule has 0 aromatic carbocycles. The highest BCUT2D eigenvalue weighted by atomic mass is 19.4. The zero-order chi connectivity index (χ0) is 18.0. The molecule has 140 valence electrons. The van der Waals surface area contributed by atoms with Crippen LogP contribution in [0.25, 0.3) is 0 Å². The molecule has 2 fully saturated rings. The topological polar surface area (TPSA) is 38.1 Å². The number of rotatable bonds is 2. The summed E-state index contributed by atoms with van der Waals surface area (Å²) in [6, 6.07) is 0.822. The molecule has 1 aliphatic heterocycles. The summed E-state index contributed by atoms with van der Waals surface area (Å²) in [4.78, 5) is 14.9. The number of hydrogen-bond acceptors (Lipinski definition) is 2. The van der Waals surface area contributed by atoms with E-state index in [1.807, 2.05) is 4.90 Å². The van der Waals surface area contributed by atoms with Crippen LogP contribution >= 0.6 is 0 Å². The maximum Gasteiger partial charge on any atom is 0.435 e. The summed E-state index contributed by atoms with van der Waals surface area (Å²) >= 11 is 0. The monoisotopic (exact) mass is 357 g/mol. The minimum atomic E-state index is -4.46. The molecule has 0 radical (unpaired) electrons. The van der Waals surface area contributed by atoms with E-state index in [1.54, 1.807) is 7.05 Å². The van der Waals surface area contributed by atoms with E-state index in [9.17, 15) is 18.0 Å². The summed E-state index contributed by atoms with van der Waals surface area (Å²) in [6.45, 7) is 0.631. The van der Waals surface area contributed by atoms with Crippen LogP contribution in [0.1, 0.15) is 75.2 Å². The number of nitrogens with zero attached hydrogens (tertiary/aromatic N) is 3. The number of halogens is 3.